The number of sulfone groups is 1. The Labute approximate surface area is 107 Å². The van der Waals surface area contributed by atoms with Gasteiger partial charge < -0.3 is 9.74 Å². The minimum Gasteiger partial charge on any atom is -0.392 e. The smallest absolute Gasteiger partial charge is 0.237 e. The van der Waals surface area contributed by atoms with Crippen molar-refractivity contribution in [2.24, 2.45) is 11.1 Å². The summed E-state index contributed by atoms with van der Waals surface area (Å²) in [6.07, 6.45) is 5.53. The van der Waals surface area contributed by atoms with Crippen LogP contribution in [0.2, 0.25) is 0 Å². The number of rotatable bonds is 3. The van der Waals surface area contributed by atoms with Gasteiger partial charge in [0, 0.05) is 37.9 Å². The molecular formula is C11H18N2O4S. The summed E-state index contributed by atoms with van der Waals surface area (Å²) >= 11 is 0. The van der Waals surface area contributed by atoms with Gasteiger partial charge >= 0.3 is 0 Å². The molecule has 0 aromatic carbocycles. The van der Waals surface area contributed by atoms with E-state index in [9.17, 15) is 13.2 Å². The van der Waals surface area contributed by atoms with E-state index in [2.05, 4.69) is 5.16 Å². The van der Waals surface area contributed by atoms with Crippen LogP contribution in [0.5, 0.6) is 0 Å². The number of oxime groups is 1. The number of carbonyl (C=O) groups is 1. The van der Waals surface area contributed by atoms with Crippen molar-refractivity contribution >= 4 is 22.0 Å². The Kier molecular flexibility index (Phi) is 3.89. The zero-order valence-electron chi connectivity index (χ0n) is 10.4. The first-order valence-corrected chi connectivity index (χ1v) is 8.15. The Morgan fingerprint density at radius 1 is 1.44 bits per heavy atom. The fourth-order valence-corrected chi connectivity index (χ4v) is 3.06. The van der Waals surface area contributed by atoms with E-state index in [0.29, 0.717) is 19.0 Å². The predicted octanol–water partition coefficient (Wildman–Crippen LogP) is 0.0443. The van der Waals surface area contributed by atoms with Crippen LogP contribution in [0, 0.1) is 5.92 Å². The first-order chi connectivity index (χ1) is 8.46. The number of carbonyl (C=O) groups excluding carboxylic acids is 1. The second-order valence-electron chi connectivity index (χ2n) is 4.96. The van der Waals surface area contributed by atoms with Gasteiger partial charge in [-0.1, -0.05) is 5.16 Å². The molecule has 1 amide bonds. The molecule has 0 spiro atoms. The minimum absolute atomic E-state index is 0.136. The van der Waals surface area contributed by atoms with Gasteiger partial charge in [0.1, 0.15) is 11.9 Å². The van der Waals surface area contributed by atoms with E-state index in [4.69, 9.17) is 4.84 Å². The minimum atomic E-state index is -3.24. The Bertz CT molecular complexity index is 430. The highest BCUT2D eigenvalue weighted by Crippen LogP contribution is 2.26. The first kappa shape index (κ1) is 13.3. The molecule has 1 unspecified atom stereocenters. The number of nitrogens with zero attached hydrogens (tertiary/aromatic N) is 2. The standard InChI is InChI=1S/C11H18N2O4S/c1-18(15,16)8-11(14)13-6-3-9(4-7-13)10-2-5-12-17-10/h5,9-10H,2-4,6-8H2,1H3. The van der Waals surface area contributed by atoms with Gasteiger partial charge in [0.15, 0.2) is 9.84 Å². The van der Waals surface area contributed by atoms with Gasteiger partial charge in [0.25, 0.3) is 0 Å². The van der Waals surface area contributed by atoms with Crippen LogP contribution in [-0.4, -0.2) is 56.6 Å². The van der Waals surface area contributed by atoms with Gasteiger partial charge in [-0.3, -0.25) is 4.79 Å². The zero-order chi connectivity index (χ0) is 13.2. The second-order valence-corrected chi connectivity index (χ2v) is 7.10. The third-order valence-corrected chi connectivity index (χ3v) is 4.18. The number of hydrogen-bond donors (Lipinski definition) is 0. The fourth-order valence-electron chi connectivity index (χ4n) is 2.43. The van der Waals surface area contributed by atoms with Gasteiger partial charge in [-0.25, -0.2) is 8.42 Å². The molecule has 1 atom stereocenters. The highest BCUT2D eigenvalue weighted by atomic mass is 32.2. The fraction of sp³-hybridized carbons (Fsp3) is 0.818. The number of hydrogen-bond acceptors (Lipinski definition) is 5. The zero-order valence-corrected chi connectivity index (χ0v) is 11.2. The SMILES string of the molecule is CS(=O)(=O)CC(=O)N1CCC(C2CC=NO2)CC1. The van der Waals surface area contributed by atoms with Gasteiger partial charge in [-0.15, -0.1) is 0 Å². The maximum atomic E-state index is 11.7. The van der Waals surface area contributed by atoms with E-state index in [-0.39, 0.29) is 17.8 Å². The van der Waals surface area contributed by atoms with Crippen LogP contribution in [0.4, 0.5) is 0 Å². The van der Waals surface area contributed by atoms with E-state index in [0.717, 1.165) is 25.5 Å². The van der Waals surface area contributed by atoms with Crippen molar-refractivity contribution < 1.29 is 18.0 Å². The second kappa shape index (κ2) is 5.26. The highest BCUT2D eigenvalue weighted by Gasteiger charge is 2.31. The van der Waals surface area contributed by atoms with Crippen LogP contribution in [0.3, 0.4) is 0 Å². The van der Waals surface area contributed by atoms with E-state index in [1.165, 1.54) is 0 Å². The molecule has 6 nitrogen and oxygen atoms in total. The van der Waals surface area contributed by atoms with Crippen LogP contribution in [-0.2, 0) is 19.5 Å². The lowest BCUT2D eigenvalue weighted by Crippen LogP contribution is -2.43. The lowest BCUT2D eigenvalue weighted by Gasteiger charge is -2.33. The Morgan fingerprint density at radius 3 is 2.61 bits per heavy atom. The molecule has 2 aliphatic heterocycles. The molecule has 102 valence electrons. The summed E-state index contributed by atoms with van der Waals surface area (Å²) in [4.78, 5) is 18.6. The Morgan fingerprint density at radius 2 is 2.11 bits per heavy atom. The molecule has 1 saturated heterocycles. The number of likely N-dealkylation sites (tertiary alicyclic amines) is 1. The van der Waals surface area contributed by atoms with Crippen molar-refractivity contribution in [3.63, 3.8) is 0 Å². The van der Waals surface area contributed by atoms with Crippen molar-refractivity contribution in [2.75, 3.05) is 25.1 Å². The molecule has 18 heavy (non-hydrogen) atoms. The van der Waals surface area contributed by atoms with Crippen LogP contribution >= 0.6 is 0 Å². The normalized spacial score (nSPS) is 25.2. The van der Waals surface area contributed by atoms with E-state index >= 15 is 0 Å². The van der Waals surface area contributed by atoms with Crippen LogP contribution in [0.1, 0.15) is 19.3 Å². The Balaban J connectivity index is 1.81. The highest BCUT2D eigenvalue weighted by molar-refractivity contribution is 7.91. The van der Waals surface area contributed by atoms with Crippen LogP contribution in [0.25, 0.3) is 0 Å². The van der Waals surface area contributed by atoms with Crippen LogP contribution < -0.4 is 0 Å². The molecule has 0 N–H and O–H groups in total. The number of piperidine rings is 1. The lowest BCUT2D eigenvalue weighted by atomic mass is 9.90. The first-order valence-electron chi connectivity index (χ1n) is 6.09. The Hall–Kier alpha value is -1.11. The van der Waals surface area contributed by atoms with Crippen molar-refractivity contribution in [1.82, 2.24) is 4.90 Å². The molecule has 1 fully saturated rings. The molecule has 0 aromatic heterocycles. The van der Waals surface area contributed by atoms with Gasteiger partial charge in [-0.05, 0) is 12.8 Å². The van der Waals surface area contributed by atoms with Gasteiger partial charge in [0.05, 0.1) is 0 Å². The molecule has 0 radical (unpaired) electrons. The molecule has 2 aliphatic rings. The average molecular weight is 274 g/mol. The van der Waals surface area contributed by atoms with Crippen molar-refractivity contribution in [2.45, 2.75) is 25.4 Å². The van der Waals surface area contributed by atoms with Gasteiger partial charge in [-0.2, -0.15) is 0 Å². The summed E-state index contributed by atoms with van der Waals surface area (Å²) < 4.78 is 22.1. The van der Waals surface area contributed by atoms with Crippen molar-refractivity contribution in [3.8, 4) is 0 Å². The third-order valence-electron chi connectivity index (χ3n) is 3.41. The lowest BCUT2D eigenvalue weighted by molar-refractivity contribution is -0.130. The third kappa shape index (κ3) is 3.44. The number of amides is 1. The molecular weight excluding hydrogens is 256 g/mol. The molecule has 0 aromatic rings. The topological polar surface area (TPSA) is 76.0 Å². The summed E-state index contributed by atoms with van der Waals surface area (Å²) in [6.45, 7) is 1.22. The summed E-state index contributed by atoms with van der Waals surface area (Å²) in [5, 5.41) is 3.76. The summed E-state index contributed by atoms with van der Waals surface area (Å²) in [6, 6.07) is 0. The van der Waals surface area contributed by atoms with E-state index in [1.807, 2.05) is 0 Å². The van der Waals surface area contributed by atoms with E-state index < -0.39 is 9.84 Å². The molecule has 7 heteroatoms. The van der Waals surface area contributed by atoms with Gasteiger partial charge in [0.2, 0.25) is 5.91 Å². The van der Waals surface area contributed by atoms with E-state index in [1.54, 1.807) is 11.1 Å². The maximum Gasteiger partial charge on any atom is 0.237 e. The monoisotopic (exact) mass is 274 g/mol. The van der Waals surface area contributed by atoms with Crippen molar-refractivity contribution in [1.29, 1.82) is 0 Å². The largest absolute Gasteiger partial charge is 0.392 e. The molecule has 2 rings (SSSR count). The predicted molar refractivity (Wildman–Crippen MR) is 67.0 cm³/mol. The maximum absolute atomic E-state index is 11.7. The molecule has 0 bridgehead atoms. The molecule has 0 saturated carbocycles. The summed E-state index contributed by atoms with van der Waals surface area (Å²) in [5.74, 6) is -0.268. The summed E-state index contributed by atoms with van der Waals surface area (Å²) in [7, 11) is -3.24. The average Bonchev–Trinajstić information content (AvgIpc) is 2.80. The quantitative estimate of drug-likeness (QED) is 0.728. The molecule has 2 heterocycles. The molecule has 0 aliphatic carbocycles. The van der Waals surface area contributed by atoms with Crippen LogP contribution in [0.15, 0.2) is 5.16 Å². The summed E-state index contributed by atoms with van der Waals surface area (Å²) in [5.41, 5.74) is 0. The van der Waals surface area contributed by atoms with Crippen molar-refractivity contribution in [3.05, 3.63) is 0 Å².